The zero-order chi connectivity index (χ0) is 16.3. The molecular formula is C16H23N5O. The molecule has 2 aromatic heterocycles. The molecule has 0 radical (unpaired) electrons. The van der Waals surface area contributed by atoms with Crippen LogP contribution in [0.1, 0.15) is 57.2 Å². The third kappa shape index (κ3) is 3.44. The van der Waals surface area contributed by atoms with E-state index in [2.05, 4.69) is 42.6 Å². The number of ether oxygens (including phenoxy) is 1. The summed E-state index contributed by atoms with van der Waals surface area (Å²) in [6, 6.07) is 1.97. The van der Waals surface area contributed by atoms with Gasteiger partial charge in [-0.2, -0.15) is 4.98 Å². The molecular weight excluding hydrogens is 278 g/mol. The van der Waals surface area contributed by atoms with Crippen molar-refractivity contribution in [1.29, 1.82) is 0 Å². The second-order valence-electron chi connectivity index (χ2n) is 5.69. The zero-order valence-corrected chi connectivity index (χ0v) is 13.5. The molecule has 0 saturated heterocycles. The minimum atomic E-state index is 0.129. The number of nitrogens with zero attached hydrogens (tertiary/aromatic N) is 3. The van der Waals surface area contributed by atoms with Crippen molar-refractivity contribution in [1.82, 2.24) is 15.0 Å². The first-order chi connectivity index (χ1) is 10.4. The average Bonchev–Trinajstić information content (AvgIpc) is 2.49. The van der Waals surface area contributed by atoms with E-state index in [0.29, 0.717) is 11.7 Å². The Balaban J connectivity index is 2.42. The molecule has 0 amide bonds. The number of anilines is 2. The largest absolute Gasteiger partial charge is 0.451 e. The van der Waals surface area contributed by atoms with Crippen molar-refractivity contribution >= 4 is 11.8 Å². The SMILES string of the molecule is CCC(C)c1cc(Oc2cnc(N)nc2N)c(C(C)C)cn1. The molecule has 0 aliphatic rings. The molecule has 118 valence electrons. The predicted molar refractivity (Wildman–Crippen MR) is 88.0 cm³/mol. The van der Waals surface area contributed by atoms with E-state index in [1.54, 1.807) is 0 Å². The van der Waals surface area contributed by atoms with E-state index in [1.807, 2.05) is 12.3 Å². The predicted octanol–water partition coefficient (Wildman–Crippen LogP) is 3.47. The molecule has 1 atom stereocenters. The van der Waals surface area contributed by atoms with Gasteiger partial charge in [-0.15, -0.1) is 0 Å². The fraction of sp³-hybridized carbons (Fsp3) is 0.438. The van der Waals surface area contributed by atoms with E-state index in [1.165, 1.54) is 6.20 Å². The van der Waals surface area contributed by atoms with Crippen LogP contribution in [0.15, 0.2) is 18.5 Å². The van der Waals surface area contributed by atoms with Crippen molar-refractivity contribution in [3.8, 4) is 11.5 Å². The Bertz CT molecular complexity index is 657. The van der Waals surface area contributed by atoms with Gasteiger partial charge in [0.25, 0.3) is 0 Å². The van der Waals surface area contributed by atoms with E-state index >= 15 is 0 Å². The summed E-state index contributed by atoms with van der Waals surface area (Å²) in [4.78, 5) is 12.4. The summed E-state index contributed by atoms with van der Waals surface area (Å²) in [5.41, 5.74) is 13.4. The Morgan fingerprint density at radius 3 is 2.41 bits per heavy atom. The standard InChI is InChI=1S/C16H23N5O/c1-5-10(4)12-6-13(11(7-19-12)9(2)3)22-14-8-20-16(18)21-15(14)17/h6-10H,5H2,1-4H3,(H4,17,18,20,21). The van der Waals surface area contributed by atoms with Gasteiger partial charge in [0.2, 0.25) is 5.95 Å². The average molecular weight is 301 g/mol. The molecule has 1 unspecified atom stereocenters. The van der Waals surface area contributed by atoms with Crippen LogP contribution in [0.4, 0.5) is 11.8 Å². The monoisotopic (exact) mass is 301 g/mol. The van der Waals surface area contributed by atoms with Gasteiger partial charge < -0.3 is 16.2 Å². The first kappa shape index (κ1) is 16.0. The number of rotatable bonds is 5. The van der Waals surface area contributed by atoms with E-state index in [9.17, 15) is 0 Å². The number of hydrogen-bond donors (Lipinski definition) is 2. The smallest absolute Gasteiger partial charge is 0.222 e. The second-order valence-corrected chi connectivity index (χ2v) is 5.69. The van der Waals surface area contributed by atoms with Gasteiger partial charge in [-0.05, 0) is 18.3 Å². The van der Waals surface area contributed by atoms with Crippen LogP contribution in [0.25, 0.3) is 0 Å². The van der Waals surface area contributed by atoms with Crippen LogP contribution in [0.3, 0.4) is 0 Å². The molecule has 0 aliphatic heterocycles. The Morgan fingerprint density at radius 1 is 1.09 bits per heavy atom. The van der Waals surface area contributed by atoms with Crippen LogP contribution in [0.5, 0.6) is 11.5 Å². The molecule has 22 heavy (non-hydrogen) atoms. The lowest BCUT2D eigenvalue weighted by Gasteiger charge is -2.17. The summed E-state index contributed by atoms with van der Waals surface area (Å²) in [5.74, 6) is 2.14. The summed E-state index contributed by atoms with van der Waals surface area (Å²) in [6.45, 7) is 8.46. The van der Waals surface area contributed by atoms with Crippen molar-refractivity contribution in [2.24, 2.45) is 0 Å². The molecule has 2 heterocycles. The molecule has 2 aromatic rings. The maximum absolute atomic E-state index is 5.95. The van der Waals surface area contributed by atoms with Crippen LogP contribution in [-0.4, -0.2) is 15.0 Å². The highest BCUT2D eigenvalue weighted by molar-refractivity contribution is 5.50. The van der Waals surface area contributed by atoms with Crippen LogP contribution in [0, 0.1) is 0 Å². The van der Waals surface area contributed by atoms with E-state index in [0.717, 1.165) is 23.4 Å². The van der Waals surface area contributed by atoms with E-state index in [-0.39, 0.29) is 17.7 Å². The van der Waals surface area contributed by atoms with Crippen molar-refractivity contribution in [3.05, 3.63) is 29.7 Å². The third-order valence-corrected chi connectivity index (χ3v) is 3.68. The number of aromatic nitrogens is 3. The number of nitrogen functional groups attached to an aromatic ring is 2. The number of pyridine rings is 1. The molecule has 0 bridgehead atoms. The van der Waals surface area contributed by atoms with Crippen molar-refractivity contribution < 1.29 is 4.74 Å². The minimum absolute atomic E-state index is 0.129. The second kappa shape index (κ2) is 6.60. The topological polar surface area (TPSA) is 99.9 Å². The highest BCUT2D eigenvalue weighted by Crippen LogP contribution is 2.34. The summed E-state index contributed by atoms with van der Waals surface area (Å²) in [5, 5.41) is 0. The molecule has 4 N–H and O–H groups in total. The van der Waals surface area contributed by atoms with Crippen LogP contribution >= 0.6 is 0 Å². The Kier molecular flexibility index (Phi) is 4.80. The maximum atomic E-state index is 5.95. The highest BCUT2D eigenvalue weighted by Gasteiger charge is 2.15. The van der Waals surface area contributed by atoms with Gasteiger partial charge in [-0.25, -0.2) is 4.98 Å². The van der Waals surface area contributed by atoms with Crippen molar-refractivity contribution in [2.75, 3.05) is 11.5 Å². The fourth-order valence-corrected chi connectivity index (χ4v) is 2.06. The van der Waals surface area contributed by atoms with E-state index in [4.69, 9.17) is 16.2 Å². The molecule has 6 heteroatoms. The number of nitrogens with two attached hydrogens (primary N) is 2. The molecule has 0 aromatic carbocycles. The molecule has 6 nitrogen and oxygen atoms in total. The lowest BCUT2D eigenvalue weighted by molar-refractivity contribution is 0.468. The van der Waals surface area contributed by atoms with Crippen molar-refractivity contribution in [3.63, 3.8) is 0 Å². The van der Waals surface area contributed by atoms with E-state index < -0.39 is 0 Å². The molecule has 0 spiro atoms. The normalized spacial score (nSPS) is 12.4. The summed E-state index contributed by atoms with van der Waals surface area (Å²) in [7, 11) is 0. The quantitative estimate of drug-likeness (QED) is 0.877. The van der Waals surface area contributed by atoms with Gasteiger partial charge >= 0.3 is 0 Å². The minimum Gasteiger partial charge on any atom is -0.451 e. The Hall–Kier alpha value is -2.37. The first-order valence-corrected chi connectivity index (χ1v) is 7.48. The fourth-order valence-electron chi connectivity index (χ4n) is 2.06. The van der Waals surface area contributed by atoms with Crippen LogP contribution in [-0.2, 0) is 0 Å². The van der Waals surface area contributed by atoms with Gasteiger partial charge in [0.15, 0.2) is 11.6 Å². The number of hydrogen-bond acceptors (Lipinski definition) is 6. The third-order valence-electron chi connectivity index (χ3n) is 3.68. The van der Waals surface area contributed by atoms with Gasteiger partial charge in [0, 0.05) is 23.5 Å². The van der Waals surface area contributed by atoms with Gasteiger partial charge in [-0.1, -0.05) is 27.7 Å². The first-order valence-electron chi connectivity index (χ1n) is 7.48. The molecule has 0 fully saturated rings. The molecule has 2 rings (SSSR count). The Morgan fingerprint density at radius 2 is 1.82 bits per heavy atom. The van der Waals surface area contributed by atoms with Crippen LogP contribution in [0.2, 0.25) is 0 Å². The lowest BCUT2D eigenvalue weighted by Crippen LogP contribution is -2.04. The van der Waals surface area contributed by atoms with Gasteiger partial charge in [0.1, 0.15) is 5.75 Å². The lowest BCUT2D eigenvalue weighted by atomic mass is 10.00. The van der Waals surface area contributed by atoms with Crippen molar-refractivity contribution in [2.45, 2.75) is 46.0 Å². The molecule has 0 aliphatic carbocycles. The highest BCUT2D eigenvalue weighted by atomic mass is 16.5. The van der Waals surface area contributed by atoms with Gasteiger partial charge in [0.05, 0.1) is 6.20 Å². The Labute approximate surface area is 130 Å². The summed E-state index contributed by atoms with van der Waals surface area (Å²) >= 11 is 0. The summed E-state index contributed by atoms with van der Waals surface area (Å²) < 4.78 is 5.95. The van der Waals surface area contributed by atoms with Crippen LogP contribution < -0.4 is 16.2 Å². The summed E-state index contributed by atoms with van der Waals surface area (Å²) in [6.07, 6.45) is 4.38. The maximum Gasteiger partial charge on any atom is 0.222 e. The zero-order valence-electron chi connectivity index (χ0n) is 13.5. The van der Waals surface area contributed by atoms with Gasteiger partial charge in [-0.3, -0.25) is 4.98 Å². The molecule has 0 saturated carbocycles.